The fourth-order valence-electron chi connectivity index (χ4n) is 6.43. The highest BCUT2D eigenvalue weighted by Gasteiger charge is 2.53. The molecule has 1 amide bonds. The smallest absolute Gasteiger partial charge is 0.488 e. The minimum atomic E-state index is -1.68. The topological polar surface area (TPSA) is 211 Å². The normalized spacial score (nSPS) is 14.2. The van der Waals surface area contributed by atoms with Crippen LogP contribution in [0, 0.1) is 12.3 Å². The fourth-order valence-corrected chi connectivity index (χ4v) is 6.65. The van der Waals surface area contributed by atoms with Crippen molar-refractivity contribution in [2.45, 2.75) is 37.1 Å². The van der Waals surface area contributed by atoms with Crippen molar-refractivity contribution in [1.82, 2.24) is 16.0 Å². The van der Waals surface area contributed by atoms with Gasteiger partial charge in [-0.1, -0.05) is 24.1 Å². The summed E-state index contributed by atoms with van der Waals surface area (Å²) in [6.45, 7) is 0.184. The lowest BCUT2D eigenvalue weighted by Crippen LogP contribution is -2.51. The van der Waals surface area contributed by atoms with Gasteiger partial charge in [-0.05, 0) is 85.5 Å². The highest BCUT2D eigenvalue weighted by atomic mass is 32.1. The van der Waals surface area contributed by atoms with Crippen LogP contribution in [0.15, 0.2) is 78.9 Å². The SMILES string of the molecule is C#CCNC(O)[C@H](CCCCNC(=S)Nc1ccc2c(c1)C(=O)OC21c2ccc(O)cc2Oc2cc(O)ccc21)NC(=O)COc1cccc(B(O)O)c1. The number of fused-ring (bicyclic) bond motifs is 6. The third kappa shape index (κ3) is 8.20. The number of benzene rings is 4. The van der Waals surface area contributed by atoms with E-state index in [2.05, 4.69) is 27.2 Å². The monoisotopic (exact) mass is 752 g/mol. The number of hydrogen-bond donors (Lipinski definition) is 9. The number of phenols is 2. The van der Waals surface area contributed by atoms with E-state index in [1.807, 2.05) is 0 Å². The Labute approximate surface area is 316 Å². The lowest BCUT2D eigenvalue weighted by atomic mass is 9.77. The number of unbranched alkanes of at least 4 members (excludes halogenated alkanes) is 1. The number of phenolic OH excluding ortho intramolecular Hbond substituents is 2. The van der Waals surface area contributed by atoms with Gasteiger partial charge in [0, 0.05) is 41.1 Å². The van der Waals surface area contributed by atoms with Gasteiger partial charge in [0.2, 0.25) is 0 Å². The summed E-state index contributed by atoms with van der Waals surface area (Å²) >= 11 is 5.51. The molecule has 2 aliphatic rings. The van der Waals surface area contributed by atoms with Crippen LogP contribution in [0.25, 0.3) is 0 Å². The second kappa shape index (κ2) is 16.5. The number of esters is 1. The van der Waals surface area contributed by atoms with E-state index in [0.29, 0.717) is 58.9 Å². The van der Waals surface area contributed by atoms with Crippen LogP contribution in [-0.2, 0) is 15.1 Å². The first kappa shape index (κ1) is 37.9. The molecule has 6 rings (SSSR count). The maximum absolute atomic E-state index is 13.4. The van der Waals surface area contributed by atoms with Crippen LogP contribution >= 0.6 is 12.2 Å². The largest absolute Gasteiger partial charge is 0.508 e. The highest BCUT2D eigenvalue weighted by Crippen LogP contribution is 2.57. The maximum atomic E-state index is 13.4. The Kier molecular flexibility index (Phi) is 11.6. The minimum Gasteiger partial charge on any atom is -0.508 e. The minimum absolute atomic E-state index is 0.0363. The van der Waals surface area contributed by atoms with Gasteiger partial charge in [0.25, 0.3) is 5.91 Å². The molecule has 0 radical (unpaired) electrons. The average molecular weight is 753 g/mol. The van der Waals surface area contributed by atoms with E-state index in [0.717, 1.165) is 0 Å². The van der Waals surface area contributed by atoms with Crippen LogP contribution in [-0.4, -0.2) is 81.4 Å². The molecule has 2 aliphatic heterocycles. The second-order valence-electron chi connectivity index (χ2n) is 12.6. The van der Waals surface area contributed by atoms with Crippen molar-refractivity contribution in [3.63, 3.8) is 0 Å². The molecule has 1 spiro atoms. The number of ether oxygens (including phenoxy) is 3. The molecule has 1 unspecified atom stereocenters. The summed E-state index contributed by atoms with van der Waals surface area (Å²) in [4.78, 5) is 26.1. The Morgan fingerprint density at radius 3 is 2.35 bits per heavy atom. The number of anilines is 1. The highest BCUT2D eigenvalue weighted by molar-refractivity contribution is 7.80. The summed E-state index contributed by atoms with van der Waals surface area (Å²) < 4.78 is 17.6. The molecule has 2 heterocycles. The molecule has 0 aliphatic carbocycles. The molecular weight excluding hydrogens is 715 g/mol. The number of nitrogens with one attached hydrogen (secondary N) is 4. The summed E-state index contributed by atoms with van der Waals surface area (Å²) in [5, 5.41) is 61.7. The summed E-state index contributed by atoms with van der Waals surface area (Å²) in [7, 11) is -1.68. The van der Waals surface area contributed by atoms with E-state index in [-0.39, 0.29) is 47.4 Å². The maximum Gasteiger partial charge on any atom is 0.488 e. The number of aromatic hydroxyl groups is 2. The van der Waals surface area contributed by atoms with Crippen molar-refractivity contribution >= 4 is 47.5 Å². The van der Waals surface area contributed by atoms with Crippen molar-refractivity contribution in [2.24, 2.45) is 0 Å². The summed E-state index contributed by atoms with van der Waals surface area (Å²) in [6, 6.07) is 19.6. The molecule has 0 fully saturated rings. The number of carbonyl (C=O) groups excluding carboxylic acids is 2. The molecule has 0 bridgehead atoms. The van der Waals surface area contributed by atoms with Crippen molar-refractivity contribution < 1.29 is 49.2 Å². The van der Waals surface area contributed by atoms with E-state index in [1.165, 1.54) is 36.4 Å². The quantitative estimate of drug-likeness (QED) is 0.0225. The van der Waals surface area contributed by atoms with Crippen LogP contribution in [0.4, 0.5) is 5.69 Å². The van der Waals surface area contributed by atoms with Crippen LogP contribution in [0.3, 0.4) is 0 Å². The Bertz CT molecular complexity index is 2060. The molecule has 0 saturated carbocycles. The lowest BCUT2D eigenvalue weighted by molar-refractivity contribution is -0.125. The molecule has 4 aromatic carbocycles. The van der Waals surface area contributed by atoms with Gasteiger partial charge < -0.3 is 55.5 Å². The number of aliphatic hydroxyl groups excluding tert-OH is 1. The predicted molar refractivity (Wildman–Crippen MR) is 203 cm³/mol. The van der Waals surface area contributed by atoms with Gasteiger partial charge >= 0.3 is 13.1 Å². The predicted octanol–water partition coefficient (Wildman–Crippen LogP) is 1.91. The Morgan fingerprint density at radius 1 is 0.963 bits per heavy atom. The van der Waals surface area contributed by atoms with Crippen LogP contribution < -0.4 is 36.2 Å². The molecule has 2 atom stereocenters. The molecular formula is C38H37BN4O10S. The standard InChI is InChI=1S/C38H37BN4O10S/c1-2-15-40-35(47)31(43-34(46)21-51-26-7-5-6-22(17-26)39(49)50)8-3-4-16-41-37(54)42-23-9-12-28-27(18-23)36(48)53-38(28)29-13-10-24(44)19-32(29)52-33-20-25(45)11-14-30(33)38/h1,5-7,9-14,17-20,31,35,40,44-45,47,49-50H,3-4,8,15-16,21H2,(H,43,46)(H2,41,42,54)/t31-,35?/m0/s1. The molecule has 14 nitrogen and oxygen atoms in total. The van der Waals surface area contributed by atoms with Gasteiger partial charge in [0.05, 0.1) is 18.2 Å². The first-order valence-electron chi connectivity index (χ1n) is 17.0. The van der Waals surface area contributed by atoms with E-state index < -0.39 is 36.9 Å². The van der Waals surface area contributed by atoms with Crippen molar-refractivity contribution in [3.05, 3.63) is 101 Å². The lowest BCUT2D eigenvalue weighted by Gasteiger charge is -2.36. The number of terminal acetylenes is 1. The van der Waals surface area contributed by atoms with Gasteiger partial charge in [-0.2, -0.15) is 0 Å². The third-order valence-corrected chi connectivity index (χ3v) is 9.17. The van der Waals surface area contributed by atoms with Crippen LogP contribution in [0.2, 0.25) is 0 Å². The summed E-state index contributed by atoms with van der Waals surface area (Å²) in [5.74, 6) is 2.09. The Hall–Kier alpha value is -5.83. The van der Waals surface area contributed by atoms with E-state index >= 15 is 0 Å². The third-order valence-electron chi connectivity index (χ3n) is 8.93. The van der Waals surface area contributed by atoms with Gasteiger partial charge in [-0.25, -0.2) is 4.79 Å². The number of rotatable bonds is 14. The zero-order valence-corrected chi connectivity index (χ0v) is 29.6. The Morgan fingerprint density at radius 2 is 1.67 bits per heavy atom. The summed E-state index contributed by atoms with van der Waals surface area (Å²) in [6.07, 6.45) is 5.79. The molecule has 278 valence electrons. The summed E-state index contributed by atoms with van der Waals surface area (Å²) in [5.41, 5.74) is 1.27. The number of amides is 1. The van der Waals surface area contributed by atoms with E-state index in [4.69, 9.17) is 32.9 Å². The molecule has 4 aromatic rings. The molecule has 9 N–H and O–H groups in total. The average Bonchev–Trinajstić information content (AvgIpc) is 3.43. The number of hydrogen-bond acceptors (Lipinski definition) is 12. The molecule has 54 heavy (non-hydrogen) atoms. The van der Waals surface area contributed by atoms with E-state index in [9.17, 15) is 35.0 Å². The van der Waals surface area contributed by atoms with Gasteiger partial charge in [-0.3, -0.25) is 10.1 Å². The Balaban J connectivity index is 1.04. The van der Waals surface area contributed by atoms with E-state index in [1.54, 1.807) is 42.5 Å². The number of carbonyl (C=O) groups is 2. The van der Waals surface area contributed by atoms with Crippen molar-refractivity contribution in [3.8, 4) is 41.1 Å². The first-order chi connectivity index (χ1) is 26.0. The molecule has 0 aromatic heterocycles. The zero-order chi connectivity index (χ0) is 38.4. The van der Waals surface area contributed by atoms with Crippen molar-refractivity contribution in [1.29, 1.82) is 0 Å². The second-order valence-corrected chi connectivity index (χ2v) is 13.0. The van der Waals surface area contributed by atoms with Gasteiger partial charge in [0.15, 0.2) is 17.3 Å². The molecule has 0 saturated heterocycles. The number of thiocarbonyl (C=S) groups is 1. The van der Waals surface area contributed by atoms with Gasteiger partial charge in [-0.15, -0.1) is 6.42 Å². The van der Waals surface area contributed by atoms with Crippen LogP contribution in [0.1, 0.15) is 46.3 Å². The number of aliphatic hydroxyl groups is 1. The zero-order valence-electron chi connectivity index (χ0n) is 28.7. The first-order valence-corrected chi connectivity index (χ1v) is 17.4. The molecule has 16 heteroatoms. The van der Waals surface area contributed by atoms with Crippen molar-refractivity contribution in [2.75, 3.05) is 25.0 Å². The van der Waals surface area contributed by atoms with Gasteiger partial charge in [0.1, 0.15) is 35.0 Å². The van der Waals surface area contributed by atoms with Crippen LogP contribution in [0.5, 0.6) is 28.7 Å². The fraction of sp³-hybridized carbons (Fsp3) is 0.237.